The van der Waals surface area contributed by atoms with Crippen LogP contribution >= 0.6 is 0 Å². The molecule has 0 fully saturated rings. The van der Waals surface area contributed by atoms with Gasteiger partial charge in [-0.25, -0.2) is 14.6 Å². The Hall–Kier alpha value is -3.99. The number of esters is 2. The molecule has 1 aliphatic heterocycles. The number of rotatable bonds is 4. The Morgan fingerprint density at radius 1 is 0.931 bits per heavy atom. The highest BCUT2D eigenvalue weighted by Gasteiger charge is 2.24. The molecule has 0 radical (unpaired) electrons. The van der Waals surface area contributed by atoms with E-state index in [0.29, 0.717) is 16.9 Å². The minimum absolute atomic E-state index is 0.142. The van der Waals surface area contributed by atoms with Crippen molar-refractivity contribution >= 4 is 23.9 Å². The zero-order valence-corrected chi connectivity index (χ0v) is 15.7. The van der Waals surface area contributed by atoms with Gasteiger partial charge in [-0.1, -0.05) is 54.1 Å². The average molecular weight is 383 g/mol. The highest BCUT2D eigenvalue weighted by atomic mass is 16.6. The molecule has 1 heterocycles. The van der Waals surface area contributed by atoms with Crippen molar-refractivity contribution in [1.29, 1.82) is 0 Å². The van der Waals surface area contributed by atoms with Crippen LogP contribution in [0.2, 0.25) is 0 Å². The Morgan fingerprint density at radius 3 is 2.38 bits per heavy atom. The first-order chi connectivity index (χ1) is 14.1. The number of cyclic esters (lactones) is 1. The lowest BCUT2D eigenvalue weighted by molar-refractivity contribution is -0.129. The molecule has 0 saturated carbocycles. The van der Waals surface area contributed by atoms with Crippen molar-refractivity contribution < 1.29 is 19.1 Å². The van der Waals surface area contributed by atoms with Crippen molar-refractivity contribution in [1.82, 2.24) is 0 Å². The summed E-state index contributed by atoms with van der Waals surface area (Å²) in [5.74, 6) is -0.445. The van der Waals surface area contributed by atoms with E-state index < -0.39 is 11.9 Å². The molecule has 29 heavy (non-hydrogen) atoms. The zero-order valence-electron chi connectivity index (χ0n) is 15.7. The van der Waals surface area contributed by atoms with E-state index in [-0.39, 0.29) is 11.6 Å². The number of hydrogen-bond donors (Lipinski definition) is 0. The Kier molecular flexibility index (Phi) is 5.03. The molecule has 0 atom stereocenters. The molecule has 3 aromatic rings. The Labute approximate surface area is 167 Å². The summed E-state index contributed by atoms with van der Waals surface area (Å²) in [6.07, 6.45) is 1.55. The zero-order chi connectivity index (χ0) is 20.2. The van der Waals surface area contributed by atoms with Crippen molar-refractivity contribution in [2.45, 2.75) is 6.92 Å². The van der Waals surface area contributed by atoms with Crippen LogP contribution in [0, 0.1) is 6.92 Å². The molecule has 0 aromatic heterocycles. The van der Waals surface area contributed by atoms with Crippen LogP contribution in [0.25, 0.3) is 6.08 Å². The van der Waals surface area contributed by atoms with Gasteiger partial charge in [0, 0.05) is 11.1 Å². The van der Waals surface area contributed by atoms with Gasteiger partial charge in [-0.15, -0.1) is 0 Å². The van der Waals surface area contributed by atoms with E-state index in [0.717, 1.165) is 11.1 Å². The molecule has 1 aliphatic rings. The fraction of sp³-hybridized carbons (Fsp3) is 0.0417. The van der Waals surface area contributed by atoms with Crippen LogP contribution in [0.15, 0.2) is 89.6 Å². The molecule has 0 aliphatic carbocycles. The minimum atomic E-state index is -0.551. The summed E-state index contributed by atoms with van der Waals surface area (Å²) < 4.78 is 10.8. The Balaban J connectivity index is 1.62. The standard InChI is InChI=1S/C24H17NO4/c1-16-11-13-17(14-12-16)22-25-20(24(27)29-22)15-19-9-5-6-10-21(19)28-23(26)18-7-3-2-4-8-18/h2-15H,1H3. The summed E-state index contributed by atoms with van der Waals surface area (Å²) in [5.41, 5.74) is 2.95. The second-order valence-electron chi connectivity index (χ2n) is 6.50. The first-order valence-corrected chi connectivity index (χ1v) is 9.06. The molecule has 0 spiro atoms. The van der Waals surface area contributed by atoms with Crippen LogP contribution in [0.1, 0.15) is 27.0 Å². The quantitative estimate of drug-likeness (QED) is 0.376. The lowest BCUT2D eigenvalue weighted by Crippen LogP contribution is -2.09. The SMILES string of the molecule is Cc1ccc(C2=NC(=Cc3ccccc3OC(=O)c3ccccc3)C(=O)O2)cc1. The van der Waals surface area contributed by atoms with E-state index in [1.54, 1.807) is 54.6 Å². The first-order valence-electron chi connectivity index (χ1n) is 9.06. The summed E-state index contributed by atoms with van der Waals surface area (Å²) >= 11 is 0. The number of hydrogen-bond acceptors (Lipinski definition) is 5. The molecule has 4 rings (SSSR count). The molecule has 0 N–H and O–H groups in total. The number of carbonyl (C=O) groups is 2. The minimum Gasteiger partial charge on any atom is -0.422 e. The van der Waals surface area contributed by atoms with E-state index in [1.807, 2.05) is 37.3 Å². The third-order valence-electron chi connectivity index (χ3n) is 4.34. The van der Waals surface area contributed by atoms with Crippen LogP contribution in [-0.4, -0.2) is 17.8 Å². The molecular weight excluding hydrogens is 366 g/mol. The molecular formula is C24H17NO4. The highest BCUT2D eigenvalue weighted by Crippen LogP contribution is 2.25. The normalized spacial score (nSPS) is 14.4. The van der Waals surface area contributed by atoms with Gasteiger partial charge in [0.2, 0.25) is 5.90 Å². The lowest BCUT2D eigenvalue weighted by Gasteiger charge is -2.07. The molecule has 0 unspecified atom stereocenters. The van der Waals surface area contributed by atoms with Crippen molar-refractivity contribution in [2.24, 2.45) is 4.99 Å². The molecule has 0 bridgehead atoms. The molecule has 0 amide bonds. The van der Waals surface area contributed by atoms with Gasteiger partial charge < -0.3 is 9.47 Å². The number of para-hydroxylation sites is 1. The molecule has 142 valence electrons. The van der Waals surface area contributed by atoms with Gasteiger partial charge in [-0.2, -0.15) is 0 Å². The summed E-state index contributed by atoms with van der Waals surface area (Å²) in [4.78, 5) is 28.9. The second kappa shape index (κ2) is 7.94. The molecule has 5 nitrogen and oxygen atoms in total. The number of nitrogens with zero attached hydrogens (tertiary/aromatic N) is 1. The summed E-state index contributed by atoms with van der Waals surface area (Å²) in [6, 6.07) is 23.2. The van der Waals surface area contributed by atoms with Crippen LogP contribution in [0.4, 0.5) is 0 Å². The second-order valence-corrected chi connectivity index (χ2v) is 6.50. The van der Waals surface area contributed by atoms with Crippen molar-refractivity contribution in [3.63, 3.8) is 0 Å². The van der Waals surface area contributed by atoms with Crippen molar-refractivity contribution in [2.75, 3.05) is 0 Å². The van der Waals surface area contributed by atoms with Crippen molar-refractivity contribution in [3.05, 3.63) is 107 Å². The third kappa shape index (κ3) is 4.14. The van der Waals surface area contributed by atoms with Crippen LogP contribution in [-0.2, 0) is 9.53 Å². The van der Waals surface area contributed by atoms with Crippen LogP contribution < -0.4 is 4.74 Å². The fourth-order valence-corrected chi connectivity index (χ4v) is 2.80. The van der Waals surface area contributed by atoms with Gasteiger partial charge in [-0.3, -0.25) is 0 Å². The largest absolute Gasteiger partial charge is 0.422 e. The highest BCUT2D eigenvalue weighted by molar-refractivity contribution is 6.13. The third-order valence-corrected chi connectivity index (χ3v) is 4.34. The number of carbonyl (C=O) groups excluding carboxylic acids is 2. The monoisotopic (exact) mass is 383 g/mol. The van der Waals surface area contributed by atoms with Gasteiger partial charge in [0.1, 0.15) is 5.75 Å². The predicted molar refractivity (Wildman–Crippen MR) is 110 cm³/mol. The number of ether oxygens (including phenoxy) is 2. The van der Waals surface area contributed by atoms with Crippen molar-refractivity contribution in [3.8, 4) is 5.75 Å². The first kappa shape index (κ1) is 18.4. The van der Waals surface area contributed by atoms with E-state index in [2.05, 4.69) is 4.99 Å². The molecule has 3 aromatic carbocycles. The summed E-state index contributed by atoms with van der Waals surface area (Å²) in [7, 11) is 0. The maximum absolute atomic E-state index is 12.4. The molecule has 0 saturated heterocycles. The van der Waals surface area contributed by atoms with Crippen LogP contribution in [0.3, 0.4) is 0 Å². The average Bonchev–Trinajstić information content (AvgIpc) is 3.11. The van der Waals surface area contributed by atoms with E-state index >= 15 is 0 Å². The van der Waals surface area contributed by atoms with Gasteiger partial charge in [0.25, 0.3) is 0 Å². The van der Waals surface area contributed by atoms with Gasteiger partial charge in [-0.05, 0) is 43.3 Å². The van der Waals surface area contributed by atoms with Gasteiger partial charge >= 0.3 is 11.9 Å². The van der Waals surface area contributed by atoms with E-state index in [9.17, 15) is 9.59 Å². The molecule has 5 heteroatoms. The predicted octanol–water partition coefficient (Wildman–Crippen LogP) is 4.56. The Morgan fingerprint density at radius 2 is 1.62 bits per heavy atom. The number of aryl methyl sites for hydroxylation is 1. The van der Waals surface area contributed by atoms with Gasteiger partial charge in [0.15, 0.2) is 5.70 Å². The Bertz CT molecular complexity index is 1130. The number of benzene rings is 3. The van der Waals surface area contributed by atoms with Gasteiger partial charge in [0.05, 0.1) is 5.56 Å². The van der Waals surface area contributed by atoms with Crippen LogP contribution in [0.5, 0.6) is 5.75 Å². The number of aliphatic imine (C=N–C) groups is 1. The lowest BCUT2D eigenvalue weighted by atomic mass is 10.1. The van der Waals surface area contributed by atoms with E-state index in [1.165, 1.54) is 0 Å². The topological polar surface area (TPSA) is 65.0 Å². The maximum atomic E-state index is 12.4. The fourth-order valence-electron chi connectivity index (χ4n) is 2.80. The van der Waals surface area contributed by atoms with E-state index in [4.69, 9.17) is 9.47 Å². The summed E-state index contributed by atoms with van der Waals surface area (Å²) in [5, 5.41) is 0. The smallest absolute Gasteiger partial charge is 0.363 e. The summed E-state index contributed by atoms with van der Waals surface area (Å²) in [6.45, 7) is 1.98. The maximum Gasteiger partial charge on any atom is 0.363 e.